The number of carbonyl (C=O) groups is 1. The Balaban J connectivity index is 1.79. The molecule has 0 N–H and O–H groups in total. The van der Waals surface area contributed by atoms with Crippen LogP contribution in [0.2, 0.25) is 0 Å². The van der Waals surface area contributed by atoms with Gasteiger partial charge in [0.05, 0.1) is 17.7 Å². The number of aromatic nitrogens is 2. The summed E-state index contributed by atoms with van der Waals surface area (Å²) in [5.74, 6) is -0.0543. The van der Waals surface area contributed by atoms with Crippen LogP contribution in [-0.2, 0) is 22.4 Å². The molecule has 0 bridgehead atoms. The van der Waals surface area contributed by atoms with Gasteiger partial charge in [-0.1, -0.05) is 31.0 Å². The quantitative estimate of drug-likeness (QED) is 0.416. The van der Waals surface area contributed by atoms with E-state index in [1.165, 1.54) is 35.0 Å². The molecule has 2 aliphatic carbocycles. The molecular weight excluding hydrogens is 380 g/mol. The van der Waals surface area contributed by atoms with Gasteiger partial charge in [0.2, 0.25) is 0 Å². The van der Waals surface area contributed by atoms with Crippen LogP contribution in [0.5, 0.6) is 0 Å². The van der Waals surface area contributed by atoms with Gasteiger partial charge in [-0.2, -0.15) is 0 Å². The number of thioether (sulfide) groups is 1. The van der Waals surface area contributed by atoms with Crippen molar-refractivity contribution in [1.29, 1.82) is 0 Å². The van der Waals surface area contributed by atoms with E-state index >= 15 is 0 Å². The van der Waals surface area contributed by atoms with Crippen LogP contribution in [0.4, 0.5) is 0 Å². The third kappa shape index (κ3) is 3.81. The van der Waals surface area contributed by atoms with Gasteiger partial charge in [-0.25, -0.2) is 4.98 Å². The highest BCUT2D eigenvalue weighted by atomic mass is 32.2. The minimum Gasteiger partial charge on any atom is -0.465 e. The molecule has 7 heteroatoms. The van der Waals surface area contributed by atoms with Crippen molar-refractivity contribution < 1.29 is 9.53 Å². The van der Waals surface area contributed by atoms with Crippen molar-refractivity contribution in [2.75, 3.05) is 12.4 Å². The standard InChI is InChI=1S/C20H26N2O3S2/c1-2-25-16(23)12-26-20-21-18-17(14-10-6-7-11-15(14)27-18)19(24)22(20)13-8-4-3-5-9-13/h13H,2-12H2,1H3. The fourth-order valence-corrected chi connectivity index (χ4v) is 6.45. The Bertz CT molecular complexity index is 897. The topological polar surface area (TPSA) is 61.2 Å². The monoisotopic (exact) mass is 406 g/mol. The fourth-order valence-electron chi connectivity index (χ4n) is 4.29. The van der Waals surface area contributed by atoms with Gasteiger partial charge < -0.3 is 4.74 Å². The summed E-state index contributed by atoms with van der Waals surface area (Å²) in [6.07, 6.45) is 9.98. The van der Waals surface area contributed by atoms with E-state index in [-0.39, 0.29) is 23.3 Å². The van der Waals surface area contributed by atoms with Crippen LogP contribution in [-0.4, -0.2) is 27.9 Å². The normalized spacial score (nSPS) is 17.8. The number of fused-ring (bicyclic) bond motifs is 3. The Morgan fingerprint density at radius 3 is 2.78 bits per heavy atom. The minimum atomic E-state index is -0.252. The van der Waals surface area contributed by atoms with E-state index in [4.69, 9.17) is 9.72 Å². The maximum Gasteiger partial charge on any atom is 0.316 e. The number of carbonyl (C=O) groups excluding carboxylic acids is 1. The molecule has 2 heterocycles. The average Bonchev–Trinajstić information content (AvgIpc) is 3.06. The summed E-state index contributed by atoms with van der Waals surface area (Å²) in [7, 11) is 0. The number of esters is 1. The summed E-state index contributed by atoms with van der Waals surface area (Å²) in [5.41, 5.74) is 1.35. The van der Waals surface area contributed by atoms with Crippen molar-refractivity contribution in [3.05, 3.63) is 20.8 Å². The van der Waals surface area contributed by atoms with Crippen LogP contribution in [0.15, 0.2) is 9.95 Å². The lowest BCUT2D eigenvalue weighted by atomic mass is 9.94. The van der Waals surface area contributed by atoms with Crippen molar-refractivity contribution in [2.45, 2.75) is 75.9 Å². The van der Waals surface area contributed by atoms with Crippen LogP contribution in [0.1, 0.15) is 68.4 Å². The first-order valence-corrected chi connectivity index (χ1v) is 11.8. The highest BCUT2D eigenvalue weighted by molar-refractivity contribution is 7.99. The van der Waals surface area contributed by atoms with E-state index < -0.39 is 0 Å². The first-order valence-electron chi connectivity index (χ1n) is 10.0. The largest absolute Gasteiger partial charge is 0.465 e. The number of ether oxygens (including phenoxy) is 1. The van der Waals surface area contributed by atoms with Gasteiger partial charge in [-0.15, -0.1) is 11.3 Å². The Labute approximate surface area is 167 Å². The molecule has 2 aromatic heterocycles. The molecule has 0 saturated heterocycles. The fraction of sp³-hybridized carbons (Fsp3) is 0.650. The van der Waals surface area contributed by atoms with E-state index in [0.29, 0.717) is 11.8 Å². The van der Waals surface area contributed by atoms with Crippen LogP contribution >= 0.6 is 23.1 Å². The number of hydrogen-bond donors (Lipinski definition) is 0. The zero-order valence-corrected chi connectivity index (χ0v) is 17.4. The van der Waals surface area contributed by atoms with Crippen molar-refractivity contribution in [3.63, 3.8) is 0 Å². The van der Waals surface area contributed by atoms with Crippen molar-refractivity contribution in [3.8, 4) is 0 Å². The van der Waals surface area contributed by atoms with Crippen LogP contribution in [0.25, 0.3) is 10.2 Å². The van der Waals surface area contributed by atoms with Crippen LogP contribution in [0.3, 0.4) is 0 Å². The minimum absolute atomic E-state index is 0.109. The molecule has 0 radical (unpaired) electrons. The average molecular weight is 407 g/mol. The zero-order chi connectivity index (χ0) is 18.8. The van der Waals surface area contributed by atoms with Crippen molar-refractivity contribution in [1.82, 2.24) is 9.55 Å². The summed E-state index contributed by atoms with van der Waals surface area (Å²) in [6.45, 7) is 2.18. The second-order valence-corrected chi connectivity index (χ2v) is 9.37. The molecular formula is C20H26N2O3S2. The maximum atomic E-state index is 13.6. The molecule has 2 aromatic rings. The first kappa shape index (κ1) is 19.0. The number of nitrogens with zero attached hydrogens (tertiary/aromatic N) is 2. The summed E-state index contributed by atoms with van der Waals surface area (Å²) in [6, 6.07) is 0.201. The molecule has 0 aliphatic heterocycles. The Morgan fingerprint density at radius 1 is 1.22 bits per heavy atom. The third-order valence-corrected chi connectivity index (χ3v) is 7.66. The lowest BCUT2D eigenvalue weighted by Gasteiger charge is -2.26. The van der Waals surface area contributed by atoms with E-state index in [1.807, 2.05) is 4.57 Å². The summed E-state index contributed by atoms with van der Waals surface area (Å²) in [4.78, 5) is 32.5. The third-order valence-electron chi connectivity index (χ3n) is 5.55. The number of thiophene rings is 1. The molecule has 4 rings (SSSR count). The summed E-state index contributed by atoms with van der Waals surface area (Å²) >= 11 is 3.02. The Morgan fingerprint density at radius 2 is 2.00 bits per heavy atom. The highest BCUT2D eigenvalue weighted by Crippen LogP contribution is 2.37. The van der Waals surface area contributed by atoms with Crippen LogP contribution in [0, 0.1) is 0 Å². The maximum absolute atomic E-state index is 13.6. The van der Waals surface area contributed by atoms with Gasteiger partial charge in [0, 0.05) is 10.9 Å². The predicted molar refractivity (Wildman–Crippen MR) is 110 cm³/mol. The SMILES string of the molecule is CCOC(=O)CSc1nc2sc3c(c2c(=O)n1C1CCCCC1)CCCC3. The number of aryl methyl sites for hydroxylation is 2. The number of hydrogen-bond acceptors (Lipinski definition) is 6. The second kappa shape index (κ2) is 8.35. The molecule has 27 heavy (non-hydrogen) atoms. The molecule has 1 fully saturated rings. The predicted octanol–water partition coefficient (Wildman–Crippen LogP) is 4.50. The molecule has 0 unspecified atom stereocenters. The summed E-state index contributed by atoms with van der Waals surface area (Å²) < 4.78 is 6.97. The zero-order valence-electron chi connectivity index (χ0n) is 15.8. The molecule has 0 atom stereocenters. The molecule has 0 aromatic carbocycles. The molecule has 0 spiro atoms. The van der Waals surface area contributed by atoms with Crippen LogP contribution < -0.4 is 5.56 Å². The first-order chi connectivity index (χ1) is 13.2. The molecule has 0 amide bonds. The lowest BCUT2D eigenvalue weighted by molar-refractivity contribution is -0.139. The van der Waals surface area contributed by atoms with Gasteiger partial charge >= 0.3 is 5.97 Å². The number of rotatable bonds is 5. The summed E-state index contributed by atoms with van der Waals surface area (Å²) in [5, 5.41) is 1.53. The molecule has 5 nitrogen and oxygen atoms in total. The van der Waals surface area contributed by atoms with Gasteiger partial charge in [-0.3, -0.25) is 14.2 Å². The molecule has 146 valence electrons. The van der Waals surface area contributed by atoms with E-state index in [0.717, 1.165) is 55.2 Å². The molecule has 1 saturated carbocycles. The van der Waals surface area contributed by atoms with E-state index in [9.17, 15) is 9.59 Å². The van der Waals surface area contributed by atoms with E-state index in [1.54, 1.807) is 18.3 Å². The van der Waals surface area contributed by atoms with Gasteiger partial charge in [0.1, 0.15) is 4.83 Å². The smallest absolute Gasteiger partial charge is 0.316 e. The lowest BCUT2D eigenvalue weighted by Crippen LogP contribution is -2.29. The van der Waals surface area contributed by atoms with Gasteiger partial charge in [0.25, 0.3) is 5.56 Å². The van der Waals surface area contributed by atoms with Gasteiger partial charge in [0.15, 0.2) is 5.16 Å². The van der Waals surface area contributed by atoms with E-state index in [2.05, 4.69) is 0 Å². The molecule has 2 aliphatic rings. The highest BCUT2D eigenvalue weighted by Gasteiger charge is 2.26. The second-order valence-electron chi connectivity index (χ2n) is 7.35. The Kier molecular flexibility index (Phi) is 5.88. The van der Waals surface area contributed by atoms with Crippen molar-refractivity contribution >= 4 is 39.3 Å². The Hall–Kier alpha value is -1.34. The van der Waals surface area contributed by atoms with Crippen molar-refractivity contribution in [2.24, 2.45) is 0 Å². The van der Waals surface area contributed by atoms with Gasteiger partial charge in [-0.05, 0) is 51.0 Å².